The van der Waals surface area contributed by atoms with Crippen LogP contribution in [-0.2, 0) is 0 Å². The Morgan fingerprint density at radius 1 is 1.26 bits per heavy atom. The van der Waals surface area contributed by atoms with Crippen LogP contribution >= 0.6 is 0 Å². The summed E-state index contributed by atoms with van der Waals surface area (Å²) >= 11 is 0. The van der Waals surface area contributed by atoms with Crippen molar-refractivity contribution in [2.24, 2.45) is 0 Å². The summed E-state index contributed by atoms with van der Waals surface area (Å²) in [6, 6.07) is 7.81. The number of hydrogen-bond acceptors (Lipinski definition) is 3. The maximum absolute atomic E-state index is 12.1. The molecule has 0 bridgehead atoms. The number of nitrogens with zero attached hydrogens (tertiary/aromatic N) is 1. The van der Waals surface area contributed by atoms with E-state index in [0.717, 1.165) is 36.2 Å². The second-order valence-electron chi connectivity index (χ2n) is 4.80. The maximum Gasteiger partial charge on any atom is 0.199 e. The fourth-order valence-electron chi connectivity index (χ4n) is 2.27. The first-order valence-electron chi connectivity index (χ1n) is 6.90. The number of Topliss-reactive ketones (excluding diaryl/α,β-unsaturated/α-hetero) is 1. The Morgan fingerprint density at radius 3 is 2.63 bits per heavy atom. The molecule has 0 radical (unpaired) electrons. The largest absolute Gasteiger partial charge is 0.453 e. The van der Waals surface area contributed by atoms with Gasteiger partial charge in [-0.05, 0) is 31.6 Å². The smallest absolute Gasteiger partial charge is 0.199 e. The molecule has 1 aromatic heterocycles. The summed E-state index contributed by atoms with van der Waals surface area (Å²) in [6.45, 7) is 8.96. The van der Waals surface area contributed by atoms with Crippen molar-refractivity contribution in [2.45, 2.75) is 27.2 Å². The highest BCUT2D eigenvalue weighted by molar-refractivity contribution is 5.98. The number of rotatable bonds is 6. The Labute approximate surface area is 114 Å². The van der Waals surface area contributed by atoms with Crippen LogP contribution in [0.2, 0.25) is 0 Å². The van der Waals surface area contributed by atoms with E-state index in [4.69, 9.17) is 4.42 Å². The summed E-state index contributed by atoms with van der Waals surface area (Å²) in [6.07, 6.45) is 0.514. The SMILES string of the molecule is CCN(CC)CCC(=O)c1cc2cccc(C)c2o1. The van der Waals surface area contributed by atoms with Gasteiger partial charge in [-0.3, -0.25) is 4.79 Å². The van der Waals surface area contributed by atoms with Gasteiger partial charge in [0.25, 0.3) is 0 Å². The van der Waals surface area contributed by atoms with Crippen molar-refractivity contribution in [3.8, 4) is 0 Å². The fourth-order valence-corrected chi connectivity index (χ4v) is 2.27. The van der Waals surface area contributed by atoms with Gasteiger partial charge in [-0.15, -0.1) is 0 Å². The summed E-state index contributed by atoms with van der Waals surface area (Å²) in [4.78, 5) is 14.4. The van der Waals surface area contributed by atoms with Gasteiger partial charge in [0.2, 0.25) is 0 Å². The lowest BCUT2D eigenvalue weighted by Crippen LogP contribution is -2.25. The second kappa shape index (κ2) is 6.02. The lowest BCUT2D eigenvalue weighted by atomic mass is 10.1. The number of carbonyl (C=O) groups excluding carboxylic acids is 1. The van der Waals surface area contributed by atoms with Crippen LogP contribution < -0.4 is 0 Å². The molecule has 0 atom stereocenters. The van der Waals surface area contributed by atoms with Gasteiger partial charge >= 0.3 is 0 Å². The minimum atomic E-state index is 0.0856. The molecule has 0 saturated heterocycles. The van der Waals surface area contributed by atoms with Crippen LogP contribution in [0.5, 0.6) is 0 Å². The van der Waals surface area contributed by atoms with Crippen molar-refractivity contribution in [3.63, 3.8) is 0 Å². The summed E-state index contributed by atoms with van der Waals surface area (Å²) in [7, 11) is 0. The van der Waals surface area contributed by atoms with Crippen LogP contribution in [0.1, 0.15) is 36.4 Å². The van der Waals surface area contributed by atoms with Gasteiger partial charge in [-0.25, -0.2) is 0 Å². The third-order valence-electron chi connectivity index (χ3n) is 3.57. The van der Waals surface area contributed by atoms with E-state index in [0.29, 0.717) is 12.2 Å². The molecule has 0 amide bonds. The molecule has 1 aromatic carbocycles. The minimum absolute atomic E-state index is 0.0856. The molecule has 2 rings (SSSR count). The molecule has 3 nitrogen and oxygen atoms in total. The molecule has 0 aliphatic heterocycles. The first-order valence-corrected chi connectivity index (χ1v) is 6.90. The standard InChI is InChI=1S/C16H21NO2/c1-4-17(5-2)10-9-14(18)15-11-13-8-6-7-12(3)16(13)19-15/h6-8,11H,4-5,9-10H2,1-3H3. The van der Waals surface area contributed by atoms with Crippen LogP contribution in [0.25, 0.3) is 11.0 Å². The first-order chi connectivity index (χ1) is 9.15. The van der Waals surface area contributed by atoms with E-state index in [1.54, 1.807) is 0 Å². The van der Waals surface area contributed by atoms with Crippen molar-refractivity contribution < 1.29 is 9.21 Å². The predicted octanol–water partition coefficient (Wildman–Crippen LogP) is 3.66. The first kappa shape index (κ1) is 13.8. The molecule has 102 valence electrons. The predicted molar refractivity (Wildman–Crippen MR) is 77.7 cm³/mol. The van der Waals surface area contributed by atoms with Crippen molar-refractivity contribution in [2.75, 3.05) is 19.6 Å². The van der Waals surface area contributed by atoms with Crippen LogP contribution in [0.3, 0.4) is 0 Å². The van der Waals surface area contributed by atoms with Crippen molar-refractivity contribution >= 4 is 16.8 Å². The van der Waals surface area contributed by atoms with Crippen molar-refractivity contribution in [1.82, 2.24) is 4.90 Å². The number of hydrogen-bond donors (Lipinski definition) is 0. The number of carbonyl (C=O) groups is 1. The molecular formula is C16H21NO2. The Bertz CT molecular complexity index is 567. The average Bonchev–Trinajstić information content (AvgIpc) is 2.85. The van der Waals surface area contributed by atoms with E-state index in [1.165, 1.54) is 0 Å². The number of aryl methyl sites for hydroxylation is 1. The highest BCUT2D eigenvalue weighted by Gasteiger charge is 2.14. The Hall–Kier alpha value is -1.61. The van der Waals surface area contributed by atoms with Crippen LogP contribution in [0, 0.1) is 6.92 Å². The molecule has 0 spiro atoms. The third kappa shape index (κ3) is 3.04. The normalized spacial score (nSPS) is 11.4. The van der Waals surface area contributed by atoms with Crippen LogP contribution in [0.4, 0.5) is 0 Å². The fraction of sp³-hybridized carbons (Fsp3) is 0.438. The zero-order chi connectivity index (χ0) is 13.8. The van der Waals surface area contributed by atoms with E-state index in [9.17, 15) is 4.79 Å². The van der Waals surface area contributed by atoms with Crippen LogP contribution in [-0.4, -0.2) is 30.3 Å². The molecule has 19 heavy (non-hydrogen) atoms. The van der Waals surface area contributed by atoms with E-state index >= 15 is 0 Å². The summed E-state index contributed by atoms with van der Waals surface area (Å²) in [5.74, 6) is 0.568. The zero-order valence-corrected chi connectivity index (χ0v) is 11.9. The van der Waals surface area contributed by atoms with E-state index in [1.807, 2.05) is 31.2 Å². The lowest BCUT2D eigenvalue weighted by molar-refractivity contribution is 0.0941. The molecule has 0 aliphatic carbocycles. The van der Waals surface area contributed by atoms with Gasteiger partial charge in [-0.2, -0.15) is 0 Å². The van der Waals surface area contributed by atoms with E-state index in [-0.39, 0.29) is 5.78 Å². The molecule has 1 heterocycles. The van der Waals surface area contributed by atoms with E-state index in [2.05, 4.69) is 18.7 Å². The molecule has 3 heteroatoms. The molecule has 0 fully saturated rings. The maximum atomic E-state index is 12.1. The van der Waals surface area contributed by atoms with Gasteiger partial charge in [0.1, 0.15) is 5.58 Å². The quantitative estimate of drug-likeness (QED) is 0.742. The summed E-state index contributed by atoms with van der Waals surface area (Å²) in [5.41, 5.74) is 1.90. The number of fused-ring (bicyclic) bond motifs is 1. The minimum Gasteiger partial charge on any atom is -0.453 e. The molecule has 0 N–H and O–H groups in total. The molecule has 0 aliphatic rings. The second-order valence-corrected chi connectivity index (χ2v) is 4.80. The summed E-state index contributed by atoms with van der Waals surface area (Å²) in [5, 5.41) is 1.01. The number of para-hydroxylation sites is 1. The molecule has 0 saturated carbocycles. The Balaban J connectivity index is 2.11. The monoisotopic (exact) mass is 259 g/mol. The molecule has 2 aromatic rings. The Morgan fingerprint density at radius 2 is 2.00 bits per heavy atom. The van der Waals surface area contributed by atoms with Gasteiger partial charge < -0.3 is 9.32 Å². The van der Waals surface area contributed by atoms with Gasteiger partial charge in [0.05, 0.1) is 0 Å². The number of furan rings is 1. The Kier molecular flexibility index (Phi) is 4.38. The van der Waals surface area contributed by atoms with Crippen LogP contribution in [0.15, 0.2) is 28.7 Å². The lowest BCUT2D eigenvalue weighted by Gasteiger charge is -2.16. The number of ketones is 1. The third-order valence-corrected chi connectivity index (χ3v) is 3.57. The highest BCUT2D eigenvalue weighted by atomic mass is 16.3. The summed E-state index contributed by atoms with van der Waals surface area (Å²) < 4.78 is 5.69. The van der Waals surface area contributed by atoms with Gasteiger partial charge in [0, 0.05) is 18.4 Å². The van der Waals surface area contributed by atoms with Gasteiger partial charge in [-0.1, -0.05) is 32.0 Å². The number of benzene rings is 1. The topological polar surface area (TPSA) is 33.5 Å². The zero-order valence-electron chi connectivity index (χ0n) is 11.9. The van der Waals surface area contributed by atoms with Gasteiger partial charge in [0.15, 0.2) is 11.5 Å². The van der Waals surface area contributed by atoms with Crippen molar-refractivity contribution in [3.05, 3.63) is 35.6 Å². The molecule has 0 unspecified atom stereocenters. The highest BCUT2D eigenvalue weighted by Crippen LogP contribution is 2.23. The molecular weight excluding hydrogens is 238 g/mol. The van der Waals surface area contributed by atoms with E-state index < -0.39 is 0 Å². The van der Waals surface area contributed by atoms with Crippen molar-refractivity contribution in [1.29, 1.82) is 0 Å². The average molecular weight is 259 g/mol.